The van der Waals surface area contributed by atoms with E-state index in [1.165, 1.54) is 5.57 Å². The first kappa shape index (κ1) is 9.26. The second-order valence-electron chi connectivity index (χ2n) is 3.12. The molecule has 1 aliphatic heterocycles. The van der Waals surface area contributed by atoms with Crippen LogP contribution in [0.2, 0.25) is 0 Å². The third-order valence-electron chi connectivity index (χ3n) is 2.28. The first-order valence-corrected chi connectivity index (χ1v) is 4.49. The summed E-state index contributed by atoms with van der Waals surface area (Å²) in [6, 6.07) is -0.0927. The molecule has 1 heterocycles. The van der Waals surface area contributed by atoms with E-state index in [1.54, 1.807) is 0 Å². The highest BCUT2D eigenvalue weighted by atomic mass is 15.2. The highest BCUT2D eigenvalue weighted by molar-refractivity contribution is 5.86. The van der Waals surface area contributed by atoms with Gasteiger partial charge in [-0.1, -0.05) is 12.5 Å². The number of amidine groups is 1. The minimum Gasteiger partial charge on any atom is -0.336 e. The molecule has 3 nitrogen and oxygen atoms in total. The van der Waals surface area contributed by atoms with Gasteiger partial charge in [0.15, 0.2) is 0 Å². The first-order valence-electron chi connectivity index (χ1n) is 4.49. The molecule has 0 saturated heterocycles. The van der Waals surface area contributed by atoms with Crippen LogP contribution in [0.1, 0.15) is 26.7 Å². The van der Waals surface area contributed by atoms with Crippen molar-refractivity contribution < 1.29 is 0 Å². The number of likely N-dealkylation sites (N-methyl/N-ethyl adjacent to an activating group) is 1. The molecule has 0 aliphatic carbocycles. The number of nitrogens with one attached hydrogen (secondary N) is 1. The van der Waals surface area contributed by atoms with Crippen LogP contribution < -0.4 is 5.73 Å². The van der Waals surface area contributed by atoms with Gasteiger partial charge in [-0.2, -0.15) is 0 Å². The van der Waals surface area contributed by atoms with Gasteiger partial charge in [0.2, 0.25) is 0 Å². The van der Waals surface area contributed by atoms with Crippen molar-refractivity contribution in [1.29, 1.82) is 5.41 Å². The average molecular weight is 167 g/mol. The monoisotopic (exact) mass is 167 g/mol. The van der Waals surface area contributed by atoms with E-state index in [0.29, 0.717) is 5.84 Å². The largest absolute Gasteiger partial charge is 0.336 e. The molecule has 1 aliphatic rings. The van der Waals surface area contributed by atoms with Gasteiger partial charge in [-0.25, -0.2) is 0 Å². The highest BCUT2D eigenvalue weighted by Gasteiger charge is 2.20. The summed E-state index contributed by atoms with van der Waals surface area (Å²) in [4.78, 5) is 1.92. The number of rotatable bonds is 2. The summed E-state index contributed by atoms with van der Waals surface area (Å²) in [6.07, 6.45) is 3.95. The van der Waals surface area contributed by atoms with E-state index in [2.05, 4.69) is 13.1 Å². The molecule has 0 fully saturated rings. The normalized spacial score (nSPS) is 24.2. The molecule has 0 aromatic carbocycles. The zero-order valence-electron chi connectivity index (χ0n) is 7.80. The van der Waals surface area contributed by atoms with Gasteiger partial charge in [0.25, 0.3) is 0 Å². The molecular formula is C9H17N3. The molecule has 68 valence electrons. The zero-order valence-corrected chi connectivity index (χ0v) is 7.80. The molecule has 0 amide bonds. The fraction of sp³-hybridized carbons (Fsp3) is 0.667. The van der Waals surface area contributed by atoms with E-state index in [0.717, 1.165) is 19.4 Å². The molecule has 0 aromatic rings. The lowest BCUT2D eigenvalue weighted by atomic mass is 10.0. The fourth-order valence-corrected chi connectivity index (χ4v) is 1.43. The lowest BCUT2D eigenvalue weighted by Crippen LogP contribution is -2.43. The maximum absolute atomic E-state index is 7.67. The summed E-state index contributed by atoms with van der Waals surface area (Å²) < 4.78 is 0. The van der Waals surface area contributed by atoms with Crippen LogP contribution in [0.15, 0.2) is 11.8 Å². The summed E-state index contributed by atoms with van der Waals surface area (Å²) >= 11 is 0. The Morgan fingerprint density at radius 3 is 2.83 bits per heavy atom. The van der Waals surface area contributed by atoms with Crippen LogP contribution >= 0.6 is 0 Å². The van der Waals surface area contributed by atoms with E-state index in [-0.39, 0.29) is 6.04 Å². The van der Waals surface area contributed by atoms with Gasteiger partial charge in [0.1, 0.15) is 5.84 Å². The molecule has 0 radical (unpaired) electrons. The average Bonchev–Trinajstić information content (AvgIpc) is 2.09. The molecule has 3 heteroatoms. The lowest BCUT2D eigenvalue weighted by molar-refractivity contribution is 0.517. The summed E-state index contributed by atoms with van der Waals surface area (Å²) in [7, 11) is 0. The zero-order chi connectivity index (χ0) is 9.14. The smallest absolute Gasteiger partial charge is 0.117 e. The van der Waals surface area contributed by atoms with Crippen molar-refractivity contribution in [2.24, 2.45) is 5.73 Å². The Balaban J connectivity index is 2.78. The maximum atomic E-state index is 7.67. The van der Waals surface area contributed by atoms with Crippen LogP contribution in [0.5, 0.6) is 0 Å². The van der Waals surface area contributed by atoms with E-state index >= 15 is 0 Å². The van der Waals surface area contributed by atoms with Crippen molar-refractivity contribution in [2.45, 2.75) is 32.7 Å². The quantitative estimate of drug-likeness (QED) is 0.651. The summed E-state index contributed by atoms with van der Waals surface area (Å²) in [5.74, 6) is 0.551. The number of nitrogens with zero attached hydrogens (tertiary/aromatic N) is 1. The number of hydrogen-bond donors (Lipinski definition) is 2. The van der Waals surface area contributed by atoms with Gasteiger partial charge in [-0.05, 0) is 19.8 Å². The Bertz CT molecular complexity index is 208. The molecule has 1 unspecified atom stereocenters. The predicted molar refractivity (Wildman–Crippen MR) is 51.1 cm³/mol. The topological polar surface area (TPSA) is 53.1 Å². The van der Waals surface area contributed by atoms with Crippen molar-refractivity contribution in [3.05, 3.63) is 11.8 Å². The molecule has 12 heavy (non-hydrogen) atoms. The second-order valence-corrected chi connectivity index (χ2v) is 3.12. The Morgan fingerprint density at radius 2 is 2.33 bits per heavy atom. The third kappa shape index (κ3) is 1.67. The Kier molecular flexibility index (Phi) is 2.87. The Hall–Kier alpha value is -0.830. The standard InChI is InChI=1S/C9H17N3/c1-3-7-5-8(10)9(11)12(4-2)6-7/h6,8,11H,3-5,10H2,1-2H3. The van der Waals surface area contributed by atoms with Gasteiger partial charge in [-0.3, -0.25) is 5.41 Å². The molecule has 0 saturated carbocycles. The van der Waals surface area contributed by atoms with E-state index in [9.17, 15) is 0 Å². The molecule has 0 aromatic heterocycles. The predicted octanol–water partition coefficient (Wildman–Crippen LogP) is 1.31. The molecular weight excluding hydrogens is 150 g/mol. The first-order chi connectivity index (χ1) is 5.69. The SMILES string of the molecule is CCC1=CN(CC)C(=N)C(N)C1. The molecule has 3 N–H and O–H groups in total. The molecule has 0 spiro atoms. The second kappa shape index (κ2) is 3.72. The summed E-state index contributed by atoms with van der Waals surface area (Å²) in [6.45, 7) is 5.01. The van der Waals surface area contributed by atoms with Crippen molar-refractivity contribution in [3.63, 3.8) is 0 Å². The van der Waals surface area contributed by atoms with E-state index in [4.69, 9.17) is 11.1 Å². The minimum atomic E-state index is -0.0927. The lowest BCUT2D eigenvalue weighted by Gasteiger charge is -2.30. The minimum absolute atomic E-state index is 0.0927. The van der Waals surface area contributed by atoms with Gasteiger partial charge in [-0.15, -0.1) is 0 Å². The van der Waals surface area contributed by atoms with E-state index < -0.39 is 0 Å². The maximum Gasteiger partial charge on any atom is 0.117 e. The molecule has 0 bridgehead atoms. The fourth-order valence-electron chi connectivity index (χ4n) is 1.43. The van der Waals surface area contributed by atoms with Crippen LogP contribution in [0.3, 0.4) is 0 Å². The van der Waals surface area contributed by atoms with Crippen molar-refractivity contribution in [2.75, 3.05) is 6.54 Å². The van der Waals surface area contributed by atoms with Crippen molar-refractivity contribution in [3.8, 4) is 0 Å². The van der Waals surface area contributed by atoms with Crippen LogP contribution in [0.4, 0.5) is 0 Å². The summed E-state index contributed by atoms with van der Waals surface area (Å²) in [5, 5.41) is 7.67. The van der Waals surface area contributed by atoms with Crippen LogP contribution in [-0.2, 0) is 0 Å². The van der Waals surface area contributed by atoms with Crippen LogP contribution in [0, 0.1) is 5.41 Å². The molecule has 1 rings (SSSR count). The van der Waals surface area contributed by atoms with Crippen molar-refractivity contribution >= 4 is 5.84 Å². The number of hydrogen-bond acceptors (Lipinski definition) is 2. The highest BCUT2D eigenvalue weighted by Crippen LogP contribution is 2.17. The Morgan fingerprint density at radius 1 is 1.67 bits per heavy atom. The number of nitrogens with two attached hydrogens (primary N) is 1. The van der Waals surface area contributed by atoms with Crippen molar-refractivity contribution in [1.82, 2.24) is 4.90 Å². The summed E-state index contributed by atoms with van der Waals surface area (Å²) in [5.41, 5.74) is 7.15. The van der Waals surface area contributed by atoms with Crippen LogP contribution in [-0.4, -0.2) is 23.3 Å². The molecule has 1 atom stereocenters. The Labute approximate surface area is 73.7 Å². The van der Waals surface area contributed by atoms with Gasteiger partial charge < -0.3 is 10.6 Å². The van der Waals surface area contributed by atoms with Gasteiger partial charge in [0, 0.05) is 12.7 Å². The van der Waals surface area contributed by atoms with E-state index in [1.807, 2.05) is 11.8 Å². The van der Waals surface area contributed by atoms with Gasteiger partial charge >= 0.3 is 0 Å². The third-order valence-corrected chi connectivity index (χ3v) is 2.28. The van der Waals surface area contributed by atoms with Crippen LogP contribution in [0.25, 0.3) is 0 Å². The van der Waals surface area contributed by atoms with Gasteiger partial charge in [0.05, 0.1) is 6.04 Å².